The third-order valence-electron chi connectivity index (χ3n) is 2.93. The maximum Gasteiger partial charge on any atom is 0.722 e. The average Bonchev–Trinajstić information content (AvgIpc) is 2.38. The van der Waals surface area contributed by atoms with Gasteiger partial charge in [-0.25, -0.2) is 0 Å². The summed E-state index contributed by atoms with van der Waals surface area (Å²) < 4.78 is 4.91. The maximum atomic E-state index is 10.7. The lowest BCUT2D eigenvalue weighted by Crippen LogP contribution is -2.57. The molecular formula is C10H11N3O7Si. The Kier molecular flexibility index (Phi) is 5.05. The summed E-state index contributed by atoms with van der Waals surface area (Å²) in [6.45, 7) is 2.40. The summed E-state index contributed by atoms with van der Waals surface area (Å²) in [5.74, 6) is -3.58. The Hall–Kier alpha value is -2.40. The monoisotopic (exact) mass is 313 g/mol. The molecule has 21 heavy (non-hydrogen) atoms. The van der Waals surface area contributed by atoms with E-state index < -0.39 is 36.9 Å². The molecule has 0 saturated heterocycles. The number of hydrogen-bond donors (Lipinski definition) is 0. The van der Waals surface area contributed by atoms with Gasteiger partial charge in [0.25, 0.3) is 16.4 Å². The van der Waals surface area contributed by atoms with E-state index >= 15 is 0 Å². The van der Waals surface area contributed by atoms with E-state index in [1.807, 2.05) is 13.0 Å². The molecule has 2 radical (unpaired) electrons. The lowest BCUT2D eigenvalue weighted by Gasteiger charge is -2.10. The molecule has 0 aliphatic rings. The standard InChI is InChI=1S/C10H11N3O7Si/c1-7-4-3-5-9(8(7)2)21-20-6-10(11(14)15,12(16)17)13(18)19/h3-5H,6H2,1-2H3. The molecule has 112 valence electrons. The lowest BCUT2D eigenvalue weighted by molar-refractivity contribution is -0.969. The second-order valence-corrected chi connectivity index (χ2v) is 5.22. The van der Waals surface area contributed by atoms with Crippen molar-refractivity contribution < 1.29 is 19.2 Å². The fourth-order valence-corrected chi connectivity index (χ4v) is 2.37. The quantitative estimate of drug-likeness (QED) is 0.300. The van der Waals surface area contributed by atoms with Crippen molar-refractivity contribution in [2.24, 2.45) is 0 Å². The van der Waals surface area contributed by atoms with Crippen LogP contribution < -0.4 is 5.19 Å². The molecule has 0 bridgehead atoms. The smallest absolute Gasteiger partial charge is 0.392 e. The fraction of sp³-hybridized carbons (Fsp3) is 0.400. The first-order chi connectivity index (χ1) is 9.73. The van der Waals surface area contributed by atoms with Crippen LogP contribution in [0.5, 0.6) is 0 Å². The highest BCUT2D eigenvalue weighted by Gasteiger charge is 2.70. The molecule has 0 heterocycles. The predicted molar refractivity (Wildman–Crippen MR) is 71.0 cm³/mol. The van der Waals surface area contributed by atoms with Crippen LogP contribution in [-0.2, 0) is 4.43 Å². The molecule has 0 aliphatic carbocycles. The number of aryl methyl sites for hydroxylation is 1. The van der Waals surface area contributed by atoms with Crippen LogP contribution >= 0.6 is 0 Å². The molecule has 0 unspecified atom stereocenters. The van der Waals surface area contributed by atoms with Gasteiger partial charge in [-0.3, -0.25) is 30.3 Å². The van der Waals surface area contributed by atoms with Crippen LogP contribution in [0.25, 0.3) is 0 Å². The molecule has 1 aromatic rings. The van der Waals surface area contributed by atoms with E-state index in [-0.39, 0.29) is 0 Å². The zero-order chi connectivity index (χ0) is 16.2. The minimum atomic E-state index is -3.58. The van der Waals surface area contributed by atoms with Crippen LogP contribution in [0, 0.1) is 44.2 Å². The van der Waals surface area contributed by atoms with Crippen LogP contribution in [0.2, 0.25) is 0 Å². The average molecular weight is 313 g/mol. The van der Waals surface area contributed by atoms with Crippen molar-refractivity contribution in [3.05, 3.63) is 59.7 Å². The lowest BCUT2D eigenvalue weighted by atomic mass is 10.1. The Morgan fingerprint density at radius 1 is 1.10 bits per heavy atom. The Morgan fingerprint density at radius 3 is 2.10 bits per heavy atom. The molecule has 1 rings (SSSR count). The summed E-state index contributed by atoms with van der Waals surface area (Å²) in [6.07, 6.45) is 0. The van der Waals surface area contributed by atoms with Gasteiger partial charge in [-0.2, -0.15) is 0 Å². The second-order valence-electron chi connectivity index (χ2n) is 4.18. The van der Waals surface area contributed by atoms with E-state index in [2.05, 4.69) is 0 Å². The third-order valence-corrected chi connectivity index (χ3v) is 3.98. The van der Waals surface area contributed by atoms with Gasteiger partial charge in [0.1, 0.15) is 0 Å². The normalized spacial score (nSPS) is 11.1. The molecule has 0 spiro atoms. The molecule has 11 heteroatoms. The molecular weight excluding hydrogens is 302 g/mol. The summed E-state index contributed by atoms with van der Waals surface area (Å²) >= 11 is 0. The zero-order valence-corrected chi connectivity index (χ0v) is 12.1. The number of rotatable bonds is 7. The molecule has 0 saturated carbocycles. The number of hydrogen-bond acceptors (Lipinski definition) is 7. The van der Waals surface area contributed by atoms with E-state index in [9.17, 15) is 30.3 Å². The van der Waals surface area contributed by atoms with E-state index in [1.165, 1.54) is 0 Å². The highest BCUT2D eigenvalue weighted by atomic mass is 28.2. The molecule has 0 fully saturated rings. The first-order valence-electron chi connectivity index (χ1n) is 5.61. The number of nitro groups is 3. The number of benzene rings is 1. The van der Waals surface area contributed by atoms with Crippen LogP contribution in [0.4, 0.5) is 0 Å². The van der Waals surface area contributed by atoms with E-state index in [1.54, 1.807) is 19.1 Å². The Balaban J connectivity index is 2.89. The first-order valence-corrected chi connectivity index (χ1v) is 6.51. The summed E-state index contributed by atoms with van der Waals surface area (Å²) in [7, 11) is -0.462. The minimum Gasteiger partial charge on any atom is -0.392 e. The molecule has 0 atom stereocenters. The molecule has 1 aromatic carbocycles. The topological polar surface area (TPSA) is 139 Å². The summed E-state index contributed by atoms with van der Waals surface area (Å²) in [5.41, 5.74) is 1.82. The number of nitrogens with zero attached hydrogens (tertiary/aromatic N) is 3. The van der Waals surface area contributed by atoms with E-state index in [4.69, 9.17) is 4.43 Å². The van der Waals surface area contributed by atoms with Crippen LogP contribution in [-0.4, -0.2) is 36.9 Å². The van der Waals surface area contributed by atoms with Gasteiger partial charge in [-0.1, -0.05) is 18.2 Å². The van der Waals surface area contributed by atoms with Gasteiger partial charge in [0.15, 0.2) is 14.8 Å². The summed E-state index contributed by atoms with van der Waals surface area (Å²) in [6, 6.07) is 5.27. The molecule has 0 aromatic heterocycles. The van der Waals surface area contributed by atoms with Gasteiger partial charge in [0.2, 0.25) is 0 Å². The van der Waals surface area contributed by atoms with Gasteiger partial charge >= 0.3 is 5.79 Å². The fourth-order valence-electron chi connectivity index (χ4n) is 1.43. The summed E-state index contributed by atoms with van der Waals surface area (Å²) in [4.78, 5) is 27.5. The highest BCUT2D eigenvalue weighted by molar-refractivity contribution is 6.47. The molecule has 0 amide bonds. The Bertz CT molecular complexity index is 556. The van der Waals surface area contributed by atoms with Crippen molar-refractivity contribution in [1.82, 2.24) is 0 Å². The van der Waals surface area contributed by atoms with Gasteiger partial charge in [-0.05, 0) is 30.2 Å². The first kappa shape index (κ1) is 16.7. The van der Waals surface area contributed by atoms with Crippen LogP contribution in [0.3, 0.4) is 0 Å². The van der Waals surface area contributed by atoms with Gasteiger partial charge in [0, 0.05) is 0 Å². The predicted octanol–water partition coefficient (Wildman–Crippen LogP) is 0.0484. The molecule has 10 nitrogen and oxygen atoms in total. The second kappa shape index (κ2) is 6.36. The minimum absolute atomic E-state index is 0.462. The van der Waals surface area contributed by atoms with Crippen molar-refractivity contribution >= 4 is 14.9 Å². The van der Waals surface area contributed by atoms with Crippen LogP contribution in [0.1, 0.15) is 11.1 Å². The zero-order valence-electron chi connectivity index (χ0n) is 11.1. The van der Waals surface area contributed by atoms with E-state index in [0.717, 1.165) is 11.1 Å². The Labute approximate surface area is 121 Å². The molecule has 0 N–H and O–H groups in total. The van der Waals surface area contributed by atoms with Gasteiger partial charge in [-0.15, -0.1) is 0 Å². The summed E-state index contributed by atoms with van der Waals surface area (Å²) in [5, 5.41) is 32.8. The van der Waals surface area contributed by atoms with Crippen molar-refractivity contribution in [3.8, 4) is 0 Å². The van der Waals surface area contributed by atoms with E-state index in [0.29, 0.717) is 5.19 Å². The van der Waals surface area contributed by atoms with Crippen LogP contribution in [0.15, 0.2) is 18.2 Å². The van der Waals surface area contributed by atoms with Crippen molar-refractivity contribution in [3.63, 3.8) is 0 Å². The maximum absolute atomic E-state index is 10.7. The van der Waals surface area contributed by atoms with Crippen molar-refractivity contribution in [2.75, 3.05) is 6.61 Å². The SMILES string of the molecule is Cc1cccc([Si]OCC([N+](=O)[O-])([N+](=O)[O-])[N+](=O)[O-])c1C. The largest absolute Gasteiger partial charge is 0.722 e. The van der Waals surface area contributed by atoms with Gasteiger partial charge < -0.3 is 4.43 Å². The van der Waals surface area contributed by atoms with Gasteiger partial charge in [0.05, 0.1) is 0 Å². The van der Waals surface area contributed by atoms with Crippen molar-refractivity contribution in [2.45, 2.75) is 19.6 Å². The third kappa shape index (κ3) is 3.20. The Morgan fingerprint density at radius 2 is 1.62 bits per heavy atom. The highest BCUT2D eigenvalue weighted by Crippen LogP contribution is 2.13. The molecule has 0 aliphatic heterocycles. The van der Waals surface area contributed by atoms with Crippen molar-refractivity contribution in [1.29, 1.82) is 0 Å².